The first-order valence-corrected chi connectivity index (χ1v) is 8.82. The van der Waals surface area contributed by atoms with Gasteiger partial charge in [0, 0.05) is 31.9 Å². The van der Waals surface area contributed by atoms with E-state index in [4.69, 9.17) is 4.74 Å². The molecule has 1 fully saturated rings. The fourth-order valence-electron chi connectivity index (χ4n) is 2.84. The van der Waals surface area contributed by atoms with Gasteiger partial charge in [0.05, 0.1) is 19.4 Å². The van der Waals surface area contributed by atoms with Gasteiger partial charge in [-0.2, -0.15) is 10.1 Å². The van der Waals surface area contributed by atoms with Gasteiger partial charge < -0.3 is 15.4 Å². The number of benzene rings is 1. The Kier molecular flexibility index (Phi) is 6.14. The summed E-state index contributed by atoms with van der Waals surface area (Å²) in [5.41, 5.74) is 2.25. The zero-order valence-electron chi connectivity index (χ0n) is 14.9. The molecule has 0 bridgehead atoms. The van der Waals surface area contributed by atoms with E-state index in [9.17, 15) is 0 Å². The molecule has 1 saturated heterocycles. The lowest BCUT2D eigenvalue weighted by Crippen LogP contribution is -2.39. The van der Waals surface area contributed by atoms with Gasteiger partial charge in [-0.05, 0) is 17.5 Å². The van der Waals surface area contributed by atoms with E-state index in [0.717, 1.165) is 50.9 Å². The number of rotatable bonds is 7. The van der Waals surface area contributed by atoms with E-state index in [1.165, 1.54) is 5.56 Å². The first kappa shape index (κ1) is 17.6. The number of aromatic nitrogens is 3. The zero-order chi connectivity index (χ0) is 17.5. The third-order valence-corrected chi connectivity index (χ3v) is 4.23. The molecule has 1 aliphatic heterocycles. The Bertz CT molecular complexity index is 672. The molecule has 0 atom stereocenters. The van der Waals surface area contributed by atoms with Crippen molar-refractivity contribution in [1.82, 2.24) is 20.1 Å². The summed E-state index contributed by atoms with van der Waals surface area (Å²) < 4.78 is 5.36. The summed E-state index contributed by atoms with van der Waals surface area (Å²) in [6.07, 6.45) is 1.65. The van der Waals surface area contributed by atoms with Crippen molar-refractivity contribution in [2.75, 3.05) is 50.0 Å². The number of para-hydroxylation sites is 1. The lowest BCUT2D eigenvalue weighted by Gasteiger charge is -2.26. The molecule has 3 rings (SSSR count). The number of hydrogen-bond acceptors (Lipinski definition) is 7. The van der Waals surface area contributed by atoms with Crippen LogP contribution in [-0.4, -0.2) is 59.5 Å². The number of ether oxygens (including phenoxy) is 1. The van der Waals surface area contributed by atoms with Gasteiger partial charge in [-0.15, -0.1) is 5.10 Å². The average molecular weight is 342 g/mol. The Hall–Kier alpha value is -2.25. The lowest BCUT2D eigenvalue weighted by atomic mass is 10.0. The van der Waals surface area contributed by atoms with Crippen LogP contribution in [0, 0.1) is 0 Å². The normalized spacial score (nSPS) is 15.3. The molecule has 2 aromatic rings. The standard InChI is InChI=1S/C18H26N6O/c1-14(2)15-5-3-4-6-16(15)21-18-22-17(13-20-23-18)19-7-8-24-9-11-25-12-10-24/h3-6,13-14H,7-12H2,1-2H3,(H2,19,21,22,23). The molecule has 7 nitrogen and oxygen atoms in total. The minimum atomic E-state index is 0.423. The monoisotopic (exact) mass is 342 g/mol. The van der Waals surface area contributed by atoms with Crippen LogP contribution >= 0.6 is 0 Å². The maximum atomic E-state index is 5.36. The van der Waals surface area contributed by atoms with Crippen molar-refractivity contribution in [2.45, 2.75) is 19.8 Å². The van der Waals surface area contributed by atoms with Crippen molar-refractivity contribution in [3.8, 4) is 0 Å². The van der Waals surface area contributed by atoms with Crippen molar-refractivity contribution in [1.29, 1.82) is 0 Å². The SMILES string of the molecule is CC(C)c1ccccc1Nc1nncc(NCCN2CCOCC2)n1. The summed E-state index contributed by atoms with van der Waals surface area (Å²) in [5.74, 6) is 1.66. The van der Waals surface area contributed by atoms with Gasteiger partial charge in [-0.1, -0.05) is 32.0 Å². The largest absolute Gasteiger partial charge is 0.379 e. The minimum Gasteiger partial charge on any atom is -0.379 e. The first-order valence-electron chi connectivity index (χ1n) is 8.82. The average Bonchev–Trinajstić information content (AvgIpc) is 2.63. The number of hydrogen-bond donors (Lipinski definition) is 2. The van der Waals surface area contributed by atoms with Crippen molar-refractivity contribution < 1.29 is 4.74 Å². The highest BCUT2D eigenvalue weighted by atomic mass is 16.5. The molecule has 0 aliphatic carbocycles. The van der Waals surface area contributed by atoms with Crippen molar-refractivity contribution >= 4 is 17.5 Å². The highest BCUT2D eigenvalue weighted by molar-refractivity contribution is 5.59. The molecular formula is C18H26N6O. The van der Waals surface area contributed by atoms with Crippen LogP contribution in [0.4, 0.5) is 17.5 Å². The van der Waals surface area contributed by atoms with Crippen LogP contribution < -0.4 is 10.6 Å². The fourth-order valence-corrected chi connectivity index (χ4v) is 2.84. The molecule has 0 saturated carbocycles. The highest BCUT2D eigenvalue weighted by Gasteiger charge is 2.10. The molecule has 0 spiro atoms. The molecule has 0 unspecified atom stereocenters. The van der Waals surface area contributed by atoms with Crippen LogP contribution in [-0.2, 0) is 4.74 Å². The Morgan fingerprint density at radius 2 is 2.00 bits per heavy atom. The highest BCUT2D eigenvalue weighted by Crippen LogP contribution is 2.25. The van der Waals surface area contributed by atoms with E-state index in [-0.39, 0.29) is 0 Å². The summed E-state index contributed by atoms with van der Waals surface area (Å²) in [4.78, 5) is 6.89. The molecule has 0 amide bonds. The first-order chi connectivity index (χ1) is 12.2. The van der Waals surface area contributed by atoms with E-state index in [0.29, 0.717) is 11.9 Å². The molecule has 1 aromatic carbocycles. The van der Waals surface area contributed by atoms with Gasteiger partial charge in [0.15, 0.2) is 5.82 Å². The quantitative estimate of drug-likeness (QED) is 0.800. The molecule has 1 aliphatic rings. The zero-order valence-corrected chi connectivity index (χ0v) is 14.9. The summed E-state index contributed by atoms with van der Waals surface area (Å²) in [5, 5.41) is 14.7. The Labute approximate surface area is 148 Å². The van der Waals surface area contributed by atoms with E-state index < -0.39 is 0 Å². The van der Waals surface area contributed by atoms with Gasteiger partial charge in [0.25, 0.3) is 0 Å². The molecule has 7 heteroatoms. The Balaban J connectivity index is 1.58. The smallest absolute Gasteiger partial charge is 0.249 e. The lowest BCUT2D eigenvalue weighted by molar-refractivity contribution is 0.0398. The molecular weight excluding hydrogens is 316 g/mol. The second kappa shape index (κ2) is 8.73. The Morgan fingerprint density at radius 3 is 2.80 bits per heavy atom. The van der Waals surface area contributed by atoms with Crippen LogP contribution in [0.5, 0.6) is 0 Å². The predicted octanol–water partition coefficient (Wildman–Crippen LogP) is 2.48. The molecule has 1 aromatic heterocycles. The Morgan fingerprint density at radius 1 is 1.20 bits per heavy atom. The van der Waals surface area contributed by atoms with Crippen LogP contribution in [0.2, 0.25) is 0 Å². The third kappa shape index (κ3) is 5.11. The van der Waals surface area contributed by atoms with Gasteiger partial charge in [0.1, 0.15) is 0 Å². The summed E-state index contributed by atoms with van der Waals surface area (Å²) >= 11 is 0. The summed E-state index contributed by atoms with van der Waals surface area (Å²) in [6, 6.07) is 8.21. The van der Waals surface area contributed by atoms with Crippen molar-refractivity contribution in [3.05, 3.63) is 36.0 Å². The number of nitrogens with zero attached hydrogens (tertiary/aromatic N) is 4. The molecule has 2 N–H and O–H groups in total. The van der Waals surface area contributed by atoms with Crippen LogP contribution in [0.3, 0.4) is 0 Å². The van der Waals surface area contributed by atoms with E-state index in [1.54, 1.807) is 6.20 Å². The van der Waals surface area contributed by atoms with Crippen LogP contribution in [0.25, 0.3) is 0 Å². The van der Waals surface area contributed by atoms with Crippen molar-refractivity contribution in [3.63, 3.8) is 0 Å². The number of morpholine rings is 1. The maximum absolute atomic E-state index is 5.36. The summed E-state index contributed by atoms with van der Waals surface area (Å²) in [6.45, 7) is 9.74. The van der Waals surface area contributed by atoms with Crippen LogP contribution in [0.1, 0.15) is 25.3 Å². The maximum Gasteiger partial charge on any atom is 0.249 e. The van der Waals surface area contributed by atoms with Crippen molar-refractivity contribution in [2.24, 2.45) is 0 Å². The molecule has 0 radical (unpaired) electrons. The topological polar surface area (TPSA) is 75.2 Å². The van der Waals surface area contributed by atoms with Gasteiger partial charge in [-0.3, -0.25) is 4.90 Å². The second-order valence-electron chi connectivity index (χ2n) is 6.41. The second-order valence-corrected chi connectivity index (χ2v) is 6.41. The van der Waals surface area contributed by atoms with Gasteiger partial charge >= 0.3 is 0 Å². The number of anilines is 3. The van der Waals surface area contributed by atoms with Gasteiger partial charge in [0.2, 0.25) is 5.95 Å². The predicted molar refractivity (Wildman–Crippen MR) is 99.4 cm³/mol. The molecule has 25 heavy (non-hydrogen) atoms. The number of nitrogens with one attached hydrogen (secondary N) is 2. The van der Waals surface area contributed by atoms with Gasteiger partial charge in [-0.25, -0.2) is 0 Å². The minimum absolute atomic E-state index is 0.423. The third-order valence-electron chi connectivity index (χ3n) is 4.23. The van der Waals surface area contributed by atoms with Crippen LogP contribution in [0.15, 0.2) is 30.5 Å². The summed E-state index contributed by atoms with van der Waals surface area (Å²) in [7, 11) is 0. The van der Waals surface area contributed by atoms with E-state index >= 15 is 0 Å². The van der Waals surface area contributed by atoms with E-state index in [1.807, 2.05) is 18.2 Å². The molecule has 2 heterocycles. The fraction of sp³-hybridized carbons (Fsp3) is 0.500. The molecule has 134 valence electrons. The van der Waals surface area contributed by atoms with E-state index in [2.05, 4.69) is 50.6 Å².